The number of benzene rings is 1. The van der Waals surface area contributed by atoms with Gasteiger partial charge in [-0.05, 0) is 37.1 Å². The van der Waals surface area contributed by atoms with Crippen LogP contribution in [0.25, 0.3) is 0 Å². The van der Waals surface area contributed by atoms with E-state index in [2.05, 4.69) is 6.92 Å². The van der Waals surface area contributed by atoms with Gasteiger partial charge in [0, 0.05) is 17.7 Å². The van der Waals surface area contributed by atoms with Crippen LogP contribution < -0.4 is 10.5 Å². The second kappa shape index (κ2) is 6.78. The predicted molar refractivity (Wildman–Crippen MR) is 75.3 cm³/mol. The smallest absolute Gasteiger partial charge is 0.119 e. The van der Waals surface area contributed by atoms with Crippen molar-refractivity contribution in [3.05, 3.63) is 24.3 Å². The molecule has 19 heavy (non-hydrogen) atoms. The molecule has 2 N–H and O–H groups in total. The van der Waals surface area contributed by atoms with Crippen LogP contribution in [0.15, 0.2) is 24.3 Å². The standard InChI is InChI=1S/C15H23NO3/c1-15(11-18-12-15)10-17-8-2-3-9-19-14-6-4-13(16)5-7-14/h4-7H,2-3,8-12,16H2,1H3. The molecule has 0 aromatic heterocycles. The number of hydrogen-bond acceptors (Lipinski definition) is 4. The van der Waals surface area contributed by atoms with Crippen molar-refractivity contribution < 1.29 is 14.2 Å². The zero-order valence-electron chi connectivity index (χ0n) is 11.6. The number of rotatable bonds is 8. The van der Waals surface area contributed by atoms with Gasteiger partial charge in [0.25, 0.3) is 0 Å². The average molecular weight is 265 g/mol. The van der Waals surface area contributed by atoms with Gasteiger partial charge in [0.1, 0.15) is 5.75 Å². The molecule has 1 aromatic rings. The average Bonchev–Trinajstić information content (AvgIpc) is 2.38. The van der Waals surface area contributed by atoms with Gasteiger partial charge in [0.2, 0.25) is 0 Å². The summed E-state index contributed by atoms with van der Waals surface area (Å²) in [7, 11) is 0. The molecule has 4 nitrogen and oxygen atoms in total. The molecule has 0 saturated carbocycles. The van der Waals surface area contributed by atoms with Crippen LogP contribution in [-0.2, 0) is 9.47 Å². The van der Waals surface area contributed by atoms with Crippen molar-refractivity contribution in [2.45, 2.75) is 19.8 Å². The number of ether oxygens (including phenoxy) is 3. The second-order valence-corrected chi connectivity index (χ2v) is 5.48. The molecule has 106 valence electrons. The van der Waals surface area contributed by atoms with E-state index in [4.69, 9.17) is 19.9 Å². The summed E-state index contributed by atoms with van der Waals surface area (Å²) < 4.78 is 16.4. The van der Waals surface area contributed by atoms with Crippen molar-refractivity contribution in [2.24, 2.45) is 5.41 Å². The fraction of sp³-hybridized carbons (Fsp3) is 0.600. The van der Waals surface area contributed by atoms with Crippen LogP contribution in [0.3, 0.4) is 0 Å². The van der Waals surface area contributed by atoms with Gasteiger partial charge in [0.15, 0.2) is 0 Å². The van der Waals surface area contributed by atoms with Crippen LogP contribution in [-0.4, -0.2) is 33.0 Å². The summed E-state index contributed by atoms with van der Waals surface area (Å²) in [6.07, 6.45) is 2.02. The Morgan fingerprint density at radius 2 is 1.84 bits per heavy atom. The van der Waals surface area contributed by atoms with Crippen molar-refractivity contribution >= 4 is 5.69 Å². The van der Waals surface area contributed by atoms with E-state index in [1.165, 1.54) is 0 Å². The van der Waals surface area contributed by atoms with E-state index in [0.29, 0.717) is 6.61 Å². The van der Waals surface area contributed by atoms with E-state index < -0.39 is 0 Å². The Kier molecular flexibility index (Phi) is 5.05. The van der Waals surface area contributed by atoms with E-state index in [9.17, 15) is 0 Å². The SMILES string of the molecule is CC1(COCCCCOc2ccc(N)cc2)COC1. The normalized spacial score (nSPS) is 16.9. The molecule has 0 spiro atoms. The van der Waals surface area contributed by atoms with Crippen LogP contribution >= 0.6 is 0 Å². The highest BCUT2D eigenvalue weighted by Crippen LogP contribution is 2.26. The third-order valence-electron chi connectivity index (χ3n) is 3.18. The lowest BCUT2D eigenvalue weighted by atomic mass is 9.90. The number of hydrogen-bond donors (Lipinski definition) is 1. The Labute approximate surface area is 114 Å². The lowest BCUT2D eigenvalue weighted by Gasteiger charge is -2.37. The molecule has 0 aliphatic carbocycles. The minimum absolute atomic E-state index is 0.250. The van der Waals surface area contributed by atoms with E-state index in [-0.39, 0.29) is 5.41 Å². The lowest BCUT2D eigenvalue weighted by Crippen LogP contribution is -2.43. The zero-order valence-corrected chi connectivity index (χ0v) is 11.6. The number of anilines is 1. The quantitative estimate of drug-likeness (QED) is 0.579. The van der Waals surface area contributed by atoms with E-state index in [1.54, 1.807) is 0 Å². The molecule has 0 amide bonds. The van der Waals surface area contributed by atoms with E-state index in [1.807, 2.05) is 24.3 Å². The molecule has 1 aliphatic heterocycles. The van der Waals surface area contributed by atoms with Crippen molar-refractivity contribution in [2.75, 3.05) is 38.8 Å². The Morgan fingerprint density at radius 1 is 1.16 bits per heavy atom. The highest BCUT2D eigenvalue weighted by atomic mass is 16.5. The third-order valence-corrected chi connectivity index (χ3v) is 3.18. The van der Waals surface area contributed by atoms with Gasteiger partial charge in [0.05, 0.1) is 26.4 Å². The van der Waals surface area contributed by atoms with Crippen molar-refractivity contribution in [1.82, 2.24) is 0 Å². The van der Waals surface area contributed by atoms with Gasteiger partial charge in [-0.25, -0.2) is 0 Å². The maximum atomic E-state index is 5.66. The maximum absolute atomic E-state index is 5.66. The molecule has 1 fully saturated rings. The minimum atomic E-state index is 0.250. The van der Waals surface area contributed by atoms with Gasteiger partial charge >= 0.3 is 0 Å². The maximum Gasteiger partial charge on any atom is 0.119 e. The summed E-state index contributed by atoms with van der Waals surface area (Å²) in [6.45, 7) is 6.15. The molecular weight excluding hydrogens is 242 g/mol. The largest absolute Gasteiger partial charge is 0.494 e. The molecule has 2 rings (SSSR count). The molecule has 4 heteroatoms. The van der Waals surface area contributed by atoms with Gasteiger partial charge in [-0.3, -0.25) is 0 Å². The second-order valence-electron chi connectivity index (χ2n) is 5.48. The highest BCUT2D eigenvalue weighted by molar-refractivity contribution is 5.41. The molecule has 0 atom stereocenters. The fourth-order valence-corrected chi connectivity index (χ4v) is 1.91. The lowest BCUT2D eigenvalue weighted by molar-refractivity contribution is -0.138. The molecule has 0 radical (unpaired) electrons. The zero-order chi connectivity index (χ0) is 13.6. The Morgan fingerprint density at radius 3 is 2.47 bits per heavy atom. The van der Waals surface area contributed by atoms with Crippen LogP contribution in [0.5, 0.6) is 5.75 Å². The summed E-state index contributed by atoms with van der Waals surface area (Å²) in [5, 5.41) is 0. The third kappa shape index (κ3) is 4.73. The van der Waals surface area contributed by atoms with Crippen LogP contribution in [0.2, 0.25) is 0 Å². The molecule has 0 bridgehead atoms. The number of nitrogens with two attached hydrogens (primary N) is 1. The Bertz CT molecular complexity index is 373. The number of unbranched alkanes of at least 4 members (excludes halogenated alkanes) is 1. The summed E-state index contributed by atoms with van der Waals surface area (Å²) in [6, 6.07) is 7.48. The molecule has 1 heterocycles. The number of nitrogen functional groups attached to an aromatic ring is 1. The van der Waals surface area contributed by atoms with E-state index in [0.717, 1.165) is 50.7 Å². The van der Waals surface area contributed by atoms with Gasteiger partial charge < -0.3 is 19.9 Å². The monoisotopic (exact) mass is 265 g/mol. The first-order valence-electron chi connectivity index (χ1n) is 6.82. The summed E-state index contributed by atoms with van der Waals surface area (Å²) >= 11 is 0. The highest BCUT2D eigenvalue weighted by Gasteiger charge is 2.33. The van der Waals surface area contributed by atoms with Crippen LogP contribution in [0, 0.1) is 5.41 Å². The molecule has 1 aliphatic rings. The van der Waals surface area contributed by atoms with E-state index >= 15 is 0 Å². The molecule has 0 unspecified atom stereocenters. The minimum Gasteiger partial charge on any atom is -0.494 e. The summed E-state index contributed by atoms with van der Waals surface area (Å²) in [5.41, 5.74) is 6.62. The Balaban J connectivity index is 1.47. The predicted octanol–water partition coefficient (Wildman–Crippen LogP) is 2.48. The van der Waals surface area contributed by atoms with Gasteiger partial charge in [-0.1, -0.05) is 6.92 Å². The van der Waals surface area contributed by atoms with Crippen molar-refractivity contribution in [3.63, 3.8) is 0 Å². The first-order valence-corrected chi connectivity index (χ1v) is 6.82. The first-order chi connectivity index (χ1) is 9.18. The molecule has 1 aromatic carbocycles. The summed E-state index contributed by atoms with van der Waals surface area (Å²) in [5.74, 6) is 0.870. The molecule has 1 saturated heterocycles. The van der Waals surface area contributed by atoms with Crippen LogP contribution in [0.1, 0.15) is 19.8 Å². The van der Waals surface area contributed by atoms with Gasteiger partial charge in [-0.15, -0.1) is 0 Å². The van der Waals surface area contributed by atoms with Crippen molar-refractivity contribution in [1.29, 1.82) is 0 Å². The fourth-order valence-electron chi connectivity index (χ4n) is 1.91. The summed E-state index contributed by atoms with van der Waals surface area (Å²) in [4.78, 5) is 0. The topological polar surface area (TPSA) is 53.7 Å². The molecular formula is C15H23NO3. The Hall–Kier alpha value is -1.26. The van der Waals surface area contributed by atoms with Gasteiger partial charge in [-0.2, -0.15) is 0 Å². The first kappa shape index (κ1) is 14.2. The van der Waals surface area contributed by atoms with Crippen LogP contribution in [0.4, 0.5) is 5.69 Å². The van der Waals surface area contributed by atoms with Crippen molar-refractivity contribution in [3.8, 4) is 5.75 Å².